The van der Waals surface area contributed by atoms with Gasteiger partial charge in [-0.25, -0.2) is 0 Å². The highest BCUT2D eigenvalue weighted by molar-refractivity contribution is 5.96. The van der Waals surface area contributed by atoms with Gasteiger partial charge in [-0.2, -0.15) is 5.10 Å². The number of hydrogen-bond acceptors (Lipinski definition) is 3. The van der Waals surface area contributed by atoms with E-state index >= 15 is 0 Å². The third-order valence-electron chi connectivity index (χ3n) is 4.74. The van der Waals surface area contributed by atoms with Gasteiger partial charge >= 0.3 is 0 Å². The Morgan fingerprint density at radius 1 is 1.42 bits per heavy atom. The lowest BCUT2D eigenvalue weighted by Crippen LogP contribution is -2.40. The molecule has 5 nitrogen and oxygen atoms in total. The van der Waals surface area contributed by atoms with Crippen molar-refractivity contribution >= 4 is 5.91 Å². The van der Waals surface area contributed by atoms with Crippen LogP contribution in [0, 0.1) is 25.7 Å². The molecule has 0 spiro atoms. The molecule has 0 bridgehead atoms. The SMILES string of the molecule is CCC1C2CNCC2CN1C(=O)c1c(C)n[nH]c1C. The van der Waals surface area contributed by atoms with Gasteiger partial charge in [0.2, 0.25) is 0 Å². The number of nitrogens with one attached hydrogen (secondary N) is 2. The van der Waals surface area contributed by atoms with E-state index in [9.17, 15) is 4.79 Å². The van der Waals surface area contributed by atoms with Gasteiger partial charge in [-0.1, -0.05) is 6.92 Å². The minimum absolute atomic E-state index is 0.157. The van der Waals surface area contributed by atoms with Crippen molar-refractivity contribution in [3.63, 3.8) is 0 Å². The van der Waals surface area contributed by atoms with E-state index in [4.69, 9.17) is 0 Å². The minimum atomic E-state index is 0.157. The molecular weight excluding hydrogens is 240 g/mol. The Hall–Kier alpha value is -1.36. The highest BCUT2D eigenvalue weighted by Crippen LogP contribution is 2.35. The average molecular weight is 262 g/mol. The zero-order valence-corrected chi connectivity index (χ0v) is 11.9. The summed E-state index contributed by atoms with van der Waals surface area (Å²) in [5, 5.41) is 10.5. The number of likely N-dealkylation sites (tertiary alicyclic amines) is 1. The number of nitrogens with zero attached hydrogens (tertiary/aromatic N) is 2. The van der Waals surface area contributed by atoms with E-state index in [0.717, 1.165) is 43.0 Å². The van der Waals surface area contributed by atoms with Crippen molar-refractivity contribution in [3.05, 3.63) is 17.0 Å². The molecule has 1 aromatic heterocycles. The first-order chi connectivity index (χ1) is 9.13. The number of H-pyrrole nitrogens is 1. The summed E-state index contributed by atoms with van der Waals surface area (Å²) in [6.45, 7) is 8.99. The van der Waals surface area contributed by atoms with Gasteiger partial charge in [-0.15, -0.1) is 0 Å². The Balaban J connectivity index is 1.88. The molecular formula is C14H22N4O. The average Bonchev–Trinajstić information content (AvgIpc) is 3.03. The van der Waals surface area contributed by atoms with Crippen LogP contribution in [0.4, 0.5) is 0 Å². The van der Waals surface area contributed by atoms with Crippen LogP contribution in [0.1, 0.15) is 35.1 Å². The fourth-order valence-corrected chi connectivity index (χ4v) is 3.79. The number of aromatic amines is 1. The largest absolute Gasteiger partial charge is 0.335 e. The lowest BCUT2D eigenvalue weighted by atomic mass is 9.93. The summed E-state index contributed by atoms with van der Waals surface area (Å²) in [5.74, 6) is 1.41. The highest BCUT2D eigenvalue weighted by atomic mass is 16.2. The zero-order chi connectivity index (χ0) is 13.6. The molecule has 3 heterocycles. The second kappa shape index (κ2) is 4.63. The van der Waals surface area contributed by atoms with Gasteiger partial charge in [0, 0.05) is 31.4 Å². The third kappa shape index (κ3) is 1.87. The number of aromatic nitrogens is 2. The topological polar surface area (TPSA) is 61.0 Å². The van der Waals surface area contributed by atoms with E-state index in [0.29, 0.717) is 17.9 Å². The molecule has 1 aromatic rings. The minimum Gasteiger partial charge on any atom is -0.335 e. The first kappa shape index (κ1) is 12.7. The lowest BCUT2D eigenvalue weighted by Gasteiger charge is -2.27. The van der Waals surface area contributed by atoms with Crippen LogP contribution >= 0.6 is 0 Å². The molecule has 2 aliphatic heterocycles. The molecule has 3 unspecified atom stereocenters. The van der Waals surface area contributed by atoms with Crippen LogP contribution in [0.3, 0.4) is 0 Å². The van der Waals surface area contributed by atoms with E-state index in [1.807, 2.05) is 13.8 Å². The van der Waals surface area contributed by atoms with Crippen LogP contribution in [0.2, 0.25) is 0 Å². The molecule has 2 aliphatic rings. The maximum Gasteiger partial charge on any atom is 0.257 e. The number of hydrogen-bond donors (Lipinski definition) is 2. The van der Waals surface area contributed by atoms with Crippen molar-refractivity contribution in [2.45, 2.75) is 33.2 Å². The van der Waals surface area contributed by atoms with E-state index < -0.39 is 0 Å². The predicted molar refractivity (Wildman–Crippen MR) is 73.0 cm³/mol. The van der Waals surface area contributed by atoms with E-state index in [2.05, 4.69) is 27.3 Å². The van der Waals surface area contributed by atoms with Crippen LogP contribution in [0.15, 0.2) is 0 Å². The van der Waals surface area contributed by atoms with Crippen molar-refractivity contribution < 1.29 is 4.79 Å². The molecule has 0 aliphatic carbocycles. The van der Waals surface area contributed by atoms with Crippen molar-refractivity contribution in [3.8, 4) is 0 Å². The molecule has 104 valence electrons. The van der Waals surface area contributed by atoms with Gasteiger partial charge < -0.3 is 10.2 Å². The number of carbonyl (C=O) groups excluding carboxylic acids is 1. The maximum atomic E-state index is 12.8. The first-order valence-corrected chi connectivity index (χ1v) is 7.16. The summed E-state index contributed by atoms with van der Waals surface area (Å²) >= 11 is 0. The molecule has 3 atom stereocenters. The number of rotatable bonds is 2. The predicted octanol–water partition coefficient (Wildman–Crippen LogP) is 1.10. The van der Waals surface area contributed by atoms with E-state index in [1.54, 1.807) is 0 Å². The van der Waals surface area contributed by atoms with Crippen LogP contribution in [-0.2, 0) is 0 Å². The smallest absolute Gasteiger partial charge is 0.257 e. The summed E-state index contributed by atoms with van der Waals surface area (Å²) in [7, 11) is 0. The van der Waals surface area contributed by atoms with Crippen LogP contribution in [0.25, 0.3) is 0 Å². The Morgan fingerprint density at radius 3 is 2.84 bits per heavy atom. The Labute approximate surface area is 113 Å². The quantitative estimate of drug-likeness (QED) is 0.839. The van der Waals surface area contributed by atoms with Crippen molar-refractivity contribution in [2.75, 3.05) is 19.6 Å². The van der Waals surface area contributed by atoms with E-state index in [1.165, 1.54) is 0 Å². The normalized spacial score (nSPS) is 29.8. The van der Waals surface area contributed by atoms with E-state index in [-0.39, 0.29) is 5.91 Å². The Kier molecular flexibility index (Phi) is 3.09. The number of aryl methyl sites for hydroxylation is 2. The lowest BCUT2D eigenvalue weighted by molar-refractivity contribution is 0.0710. The van der Waals surface area contributed by atoms with Gasteiger partial charge in [-0.05, 0) is 32.1 Å². The standard InChI is InChI=1S/C14H22N4O/c1-4-12-11-6-15-5-10(11)7-18(12)14(19)13-8(2)16-17-9(13)3/h10-12,15H,4-7H2,1-3H3,(H,16,17). The van der Waals surface area contributed by atoms with Crippen molar-refractivity contribution in [2.24, 2.45) is 11.8 Å². The summed E-state index contributed by atoms with van der Waals surface area (Å²) < 4.78 is 0. The third-order valence-corrected chi connectivity index (χ3v) is 4.74. The number of carbonyl (C=O) groups is 1. The van der Waals surface area contributed by atoms with Crippen molar-refractivity contribution in [1.82, 2.24) is 20.4 Å². The number of amides is 1. The molecule has 2 N–H and O–H groups in total. The molecule has 0 radical (unpaired) electrons. The Bertz CT molecular complexity index is 476. The van der Waals surface area contributed by atoms with Crippen LogP contribution in [-0.4, -0.2) is 46.7 Å². The molecule has 2 saturated heterocycles. The zero-order valence-electron chi connectivity index (χ0n) is 11.9. The fourth-order valence-electron chi connectivity index (χ4n) is 3.79. The summed E-state index contributed by atoms with van der Waals surface area (Å²) in [6, 6.07) is 0.376. The molecule has 1 amide bonds. The number of fused-ring (bicyclic) bond motifs is 1. The summed E-state index contributed by atoms with van der Waals surface area (Å²) in [5.41, 5.74) is 2.46. The highest BCUT2D eigenvalue weighted by Gasteiger charge is 2.45. The fraction of sp³-hybridized carbons (Fsp3) is 0.714. The van der Waals surface area contributed by atoms with Crippen molar-refractivity contribution in [1.29, 1.82) is 0 Å². The molecule has 5 heteroatoms. The Morgan fingerprint density at radius 2 is 2.21 bits per heavy atom. The molecule has 2 fully saturated rings. The monoisotopic (exact) mass is 262 g/mol. The molecule has 19 heavy (non-hydrogen) atoms. The molecule has 0 aromatic carbocycles. The summed E-state index contributed by atoms with van der Waals surface area (Å²) in [6.07, 6.45) is 1.03. The second-order valence-electron chi connectivity index (χ2n) is 5.82. The molecule has 3 rings (SSSR count). The molecule has 0 saturated carbocycles. The van der Waals surface area contributed by atoms with Gasteiger partial charge in [-0.3, -0.25) is 9.89 Å². The van der Waals surface area contributed by atoms with Gasteiger partial charge in [0.15, 0.2) is 0 Å². The summed E-state index contributed by atoms with van der Waals surface area (Å²) in [4.78, 5) is 14.9. The van der Waals surface area contributed by atoms with Crippen LogP contribution in [0.5, 0.6) is 0 Å². The van der Waals surface area contributed by atoms with Gasteiger partial charge in [0.25, 0.3) is 5.91 Å². The van der Waals surface area contributed by atoms with Gasteiger partial charge in [0.1, 0.15) is 0 Å². The maximum absolute atomic E-state index is 12.8. The van der Waals surface area contributed by atoms with Gasteiger partial charge in [0.05, 0.1) is 11.3 Å². The van der Waals surface area contributed by atoms with Crippen LogP contribution < -0.4 is 5.32 Å². The second-order valence-corrected chi connectivity index (χ2v) is 5.82. The first-order valence-electron chi connectivity index (χ1n) is 7.16.